The van der Waals surface area contributed by atoms with Crippen LogP contribution in [-0.2, 0) is 20.6 Å². The molecule has 3 aliphatic heterocycles. The third-order valence-electron chi connectivity index (χ3n) is 6.33. The summed E-state index contributed by atoms with van der Waals surface area (Å²) in [5, 5.41) is 0. The van der Waals surface area contributed by atoms with Gasteiger partial charge in [0.2, 0.25) is 0 Å². The second-order valence-corrected chi connectivity index (χ2v) is 11.7. The van der Waals surface area contributed by atoms with E-state index in [0.717, 1.165) is 29.9 Å². The van der Waals surface area contributed by atoms with Crippen molar-refractivity contribution >= 4 is 20.6 Å². The Kier molecular flexibility index (Phi) is 4.80. The molecule has 25 heavy (non-hydrogen) atoms. The van der Waals surface area contributed by atoms with Gasteiger partial charge in [0.15, 0.2) is 0 Å². The predicted molar refractivity (Wildman–Crippen MR) is 101 cm³/mol. The number of likely N-dealkylation sites (tertiary alicyclic amines) is 1. The van der Waals surface area contributed by atoms with Gasteiger partial charge >= 0.3 is 0 Å². The average molecular weight is 382 g/mol. The molecule has 0 aliphatic carbocycles. The highest BCUT2D eigenvalue weighted by Crippen LogP contribution is 2.40. The van der Waals surface area contributed by atoms with Gasteiger partial charge in [0, 0.05) is 16.7 Å². The molecule has 3 heterocycles. The smallest absolute Gasteiger partial charge is 0.150 e. The summed E-state index contributed by atoms with van der Waals surface area (Å²) in [6.07, 6.45) is 5.05. The lowest BCUT2D eigenvalue weighted by molar-refractivity contribution is 0.286. The van der Waals surface area contributed by atoms with Gasteiger partial charge in [-0.15, -0.1) is 0 Å². The molecule has 0 bridgehead atoms. The third kappa shape index (κ3) is 3.58. The van der Waals surface area contributed by atoms with Crippen LogP contribution < -0.4 is 0 Å². The molecule has 4 rings (SSSR count). The van der Waals surface area contributed by atoms with E-state index in [-0.39, 0.29) is 0 Å². The quantitative estimate of drug-likeness (QED) is 0.808. The molecule has 1 aromatic rings. The van der Waals surface area contributed by atoms with Gasteiger partial charge in [-0.1, -0.05) is 12.1 Å². The summed E-state index contributed by atoms with van der Waals surface area (Å²) in [6.45, 7) is 1.17. The Morgan fingerprint density at radius 3 is 2.64 bits per heavy atom. The van der Waals surface area contributed by atoms with Crippen molar-refractivity contribution in [3.8, 4) is 0 Å². The topological polar surface area (TPSA) is 54.5 Å². The monoisotopic (exact) mass is 381 g/mol. The van der Waals surface area contributed by atoms with Gasteiger partial charge in [0.05, 0.1) is 22.3 Å². The van der Waals surface area contributed by atoms with Gasteiger partial charge in [-0.25, -0.2) is 8.42 Å². The Morgan fingerprint density at radius 2 is 1.96 bits per heavy atom. The maximum absolute atomic E-state index is 12.5. The van der Waals surface area contributed by atoms with E-state index in [4.69, 9.17) is 0 Å². The molecule has 2 saturated heterocycles. The zero-order chi connectivity index (χ0) is 17.6. The first-order valence-electron chi connectivity index (χ1n) is 9.36. The number of nitrogens with zero attached hydrogens (tertiary/aromatic N) is 1. The van der Waals surface area contributed by atoms with E-state index in [9.17, 15) is 12.6 Å². The summed E-state index contributed by atoms with van der Waals surface area (Å²) in [5.74, 6) is 2.07. The fourth-order valence-electron chi connectivity index (χ4n) is 4.73. The highest BCUT2D eigenvalue weighted by Gasteiger charge is 2.34. The van der Waals surface area contributed by atoms with Crippen molar-refractivity contribution in [2.24, 2.45) is 0 Å². The second-order valence-electron chi connectivity index (χ2n) is 7.94. The average Bonchev–Trinajstić information content (AvgIpc) is 3.12. The molecule has 4 nitrogen and oxygen atoms in total. The fourth-order valence-corrected chi connectivity index (χ4v) is 7.79. The second kappa shape index (κ2) is 6.78. The lowest BCUT2D eigenvalue weighted by Crippen LogP contribution is -2.27. The number of fused-ring (bicyclic) bond motifs is 1. The third-order valence-corrected chi connectivity index (χ3v) is 9.61. The van der Waals surface area contributed by atoms with Crippen molar-refractivity contribution in [2.45, 2.75) is 54.9 Å². The molecule has 0 N–H and O–H groups in total. The lowest BCUT2D eigenvalue weighted by atomic mass is 9.87. The van der Waals surface area contributed by atoms with Crippen LogP contribution >= 0.6 is 0 Å². The highest BCUT2D eigenvalue weighted by atomic mass is 32.2. The molecule has 1 aromatic carbocycles. The van der Waals surface area contributed by atoms with Gasteiger partial charge < -0.3 is 4.90 Å². The van der Waals surface area contributed by atoms with Crippen LogP contribution in [0, 0.1) is 0 Å². The molecule has 3 atom stereocenters. The Bertz CT molecular complexity index is 776. The first kappa shape index (κ1) is 17.7. The fraction of sp³-hybridized carbons (Fsp3) is 0.684. The summed E-state index contributed by atoms with van der Waals surface area (Å²) in [4.78, 5) is 3.45. The largest absolute Gasteiger partial charge is 0.303 e. The molecule has 2 fully saturated rings. The maximum Gasteiger partial charge on any atom is 0.150 e. The van der Waals surface area contributed by atoms with E-state index in [1.165, 1.54) is 30.5 Å². The standard InChI is InChI=1S/C19H27NO3S2/c1-20-8-2-3-17(20)11-16-13-24(21)19-5-4-15(12-18(16)19)14-6-9-25(22,23)10-7-14/h4-5,12,14,16-17H,2-3,6-11,13H2,1H3/t16?,17-,24?/m1/s1. The minimum absolute atomic E-state index is 0.303. The molecule has 0 radical (unpaired) electrons. The number of rotatable bonds is 3. The van der Waals surface area contributed by atoms with Crippen molar-refractivity contribution < 1.29 is 12.6 Å². The molecule has 0 saturated carbocycles. The Balaban J connectivity index is 1.56. The van der Waals surface area contributed by atoms with Crippen molar-refractivity contribution in [3.63, 3.8) is 0 Å². The maximum atomic E-state index is 12.5. The molecule has 0 spiro atoms. The first-order chi connectivity index (χ1) is 11.9. The van der Waals surface area contributed by atoms with Crippen LogP contribution in [0.15, 0.2) is 23.1 Å². The minimum Gasteiger partial charge on any atom is -0.303 e. The molecule has 3 aliphatic rings. The van der Waals surface area contributed by atoms with Gasteiger partial charge in [0.25, 0.3) is 0 Å². The van der Waals surface area contributed by atoms with Crippen LogP contribution in [0.4, 0.5) is 0 Å². The van der Waals surface area contributed by atoms with Crippen LogP contribution in [0.25, 0.3) is 0 Å². The van der Waals surface area contributed by atoms with Crippen molar-refractivity contribution in [1.82, 2.24) is 4.90 Å². The van der Waals surface area contributed by atoms with E-state index in [2.05, 4.69) is 24.1 Å². The normalized spacial score (nSPS) is 32.8. The van der Waals surface area contributed by atoms with Crippen LogP contribution in [0.3, 0.4) is 0 Å². The molecule has 0 amide bonds. The van der Waals surface area contributed by atoms with E-state index in [1.54, 1.807) is 0 Å². The van der Waals surface area contributed by atoms with Crippen LogP contribution in [-0.4, -0.2) is 54.4 Å². The van der Waals surface area contributed by atoms with Gasteiger partial charge in [0.1, 0.15) is 9.84 Å². The number of benzene rings is 1. The van der Waals surface area contributed by atoms with Crippen molar-refractivity contribution in [2.75, 3.05) is 30.9 Å². The molecule has 138 valence electrons. The zero-order valence-corrected chi connectivity index (χ0v) is 16.4. The van der Waals surface area contributed by atoms with E-state index < -0.39 is 20.6 Å². The molecule has 6 heteroatoms. The summed E-state index contributed by atoms with van der Waals surface area (Å²) in [7, 11) is -1.51. The SMILES string of the molecule is CN1CCC[C@@H]1CC1CS(=O)c2ccc(C3CCS(=O)(=O)CC3)cc21. The summed E-state index contributed by atoms with van der Waals surface area (Å²) < 4.78 is 35.9. The minimum atomic E-state index is -2.83. The number of sulfone groups is 1. The Labute approximate surface area is 153 Å². The van der Waals surface area contributed by atoms with Crippen LogP contribution in [0.1, 0.15) is 55.1 Å². The van der Waals surface area contributed by atoms with Crippen LogP contribution in [0.2, 0.25) is 0 Å². The molecular weight excluding hydrogens is 354 g/mol. The molecule has 0 aromatic heterocycles. The summed E-state index contributed by atoms with van der Waals surface area (Å²) >= 11 is 0. The first-order valence-corrected chi connectivity index (χ1v) is 12.5. The van der Waals surface area contributed by atoms with E-state index in [1.807, 2.05) is 6.07 Å². The number of hydrogen-bond acceptors (Lipinski definition) is 4. The van der Waals surface area contributed by atoms with E-state index >= 15 is 0 Å². The van der Waals surface area contributed by atoms with Gasteiger partial charge in [-0.3, -0.25) is 4.21 Å². The zero-order valence-electron chi connectivity index (χ0n) is 14.8. The van der Waals surface area contributed by atoms with Crippen molar-refractivity contribution in [1.29, 1.82) is 0 Å². The highest BCUT2D eigenvalue weighted by molar-refractivity contribution is 7.91. The van der Waals surface area contributed by atoms with Crippen molar-refractivity contribution in [3.05, 3.63) is 29.3 Å². The lowest BCUT2D eigenvalue weighted by Gasteiger charge is -2.25. The van der Waals surface area contributed by atoms with Gasteiger partial charge in [-0.2, -0.15) is 0 Å². The number of hydrogen-bond donors (Lipinski definition) is 0. The summed E-state index contributed by atoms with van der Waals surface area (Å²) in [6, 6.07) is 6.99. The van der Waals surface area contributed by atoms with E-state index in [0.29, 0.717) is 29.4 Å². The molecular formula is C19H27NO3S2. The Hall–Kier alpha value is -0.720. The predicted octanol–water partition coefficient (Wildman–Crippen LogP) is 2.67. The molecule has 2 unspecified atom stereocenters. The summed E-state index contributed by atoms with van der Waals surface area (Å²) in [5.41, 5.74) is 2.52. The van der Waals surface area contributed by atoms with Gasteiger partial charge in [-0.05, 0) is 74.7 Å². The van der Waals surface area contributed by atoms with Crippen LogP contribution in [0.5, 0.6) is 0 Å². The Morgan fingerprint density at radius 1 is 1.20 bits per heavy atom.